The first-order chi connectivity index (χ1) is 11.5. The van der Waals surface area contributed by atoms with Crippen LogP contribution in [0.15, 0.2) is 59.4 Å². The van der Waals surface area contributed by atoms with E-state index in [9.17, 15) is 9.59 Å². The summed E-state index contributed by atoms with van der Waals surface area (Å²) in [5.41, 5.74) is 2.02. The molecule has 120 valence electrons. The van der Waals surface area contributed by atoms with Gasteiger partial charge in [0.05, 0.1) is 5.69 Å². The van der Waals surface area contributed by atoms with Crippen molar-refractivity contribution in [2.75, 3.05) is 5.32 Å². The van der Waals surface area contributed by atoms with Crippen LogP contribution in [0.4, 0.5) is 5.69 Å². The summed E-state index contributed by atoms with van der Waals surface area (Å²) in [4.78, 5) is 23.4. The number of hydrogen-bond donors (Lipinski definition) is 2. The minimum Gasteiger partial charge on any atom is -0.322 e. The van der Waals surface area contributed by atoms with E-state index in [4.69, 9.17) is 23.2 Å². The lowest BCUT2D eigenvalue weighted by Gasteiger charge is -2.08. The number of benzene rings is 2. The zero-order valence-corrected chi connectivity index (χ0v) is 13.7. The SMILES string of the molecule is O=C(Nc1cccc(-c2ccc(=O)[nH]n2)c1)c1cc(Cl)cc(Cl)c1. The molecular weight excluding hydrogens is 349 g/mol. The number of rotatable bonds is 3. The van der Waals surface area contributed by atoms with Crippen molar-refractivity contribution in [2.45, 2.75) is 0 Å². The standard InChI is InChI=1S/C17H11Cl2N3O2/c18-12-6-11(7-13(19)9-12)17(24)20-14-3-1-2-10(8-14)15-4-5-16(23)22-21-15/h1-9H,(H,20,24)(H,22,23). The largest absolute Gasteiger partial charge is 0.322 e. The number of anilines is 1. The lowest BCUT2D eigenvalue weighted by molar-refractivity contribution is 0.102. The predicted octanol–water partition coefficient (Wildman–Crippen LogP) is 4.00. The zero-order valence-electron chi connectivity index (χ0n) is 12.2. The number of nitrogens with one attached hydrogen (secondary N) is 2. The third kappa shape index (κ3) is 3.82. The molecule has 0 aliphatic rings. The Balaban J connectivity index is 1.85. The second-order valence-corrected chi connectivity index (χ2v) is 5.87. The van der Waals surface area contributed by atoms with Crippen LogP contribution in [-0.4, -0.2) is 16.1 Å². The fourth-order valence-electron chi connectivity index (χ4n) is 2.15. The molecule has 0 fully saturated rings. The van der Waals surface area contributed by atoms with Gasteiger partial charge < -0.3 is 5.32 Å². The lowest BCUT2D eigenvalue weighted by atomic mass is 10.1. The maximum atomic E-state index is 12.3. The number of aromatic amines is 1. The van der Waals surface area contributed by atoms with Crippen LogP contribution in [0.3, 0.4) is 0 Å². The van der Waals surface area contributed by atoms with Gasteiger partial charge in [-0.1, -0.05) is 35.3 Å². The minimum atomic E-state index is -0.328. The van der Waals surface area contributed by atoms with Crippen molar-refractivity contribution in [3.8, 4) is 11.3 Å². The maximum absolute atomic E-state index is 12.3. The van der Waals surface area contributed by atoms with Crippen LogP contribution >= 0.6 is 23.2 Å². The minimum absolute atomic E-state index is 0.277. The molecule has 1 heterocycles. The molecule has 0 aliphatic carbocycles. The summed E-state index contributed by atoms with van der Waals surface area (Å²) in [6, 6.07) is 14.7. The predicted molar refractivity (Wildman–Crippen MR) is 94.7 cm³/mol. The molecule has 5 nitrogen and oxygen atoms in total. The van der Waals surface area contributed by atoms with Crippen LogP contribution in [-0.2, 0) is 0 Å². The molecule has 0 radical (unpaired) electrons. The Kier molecular flexibility index (Phi) is 4.64. The molecule has 1 amide bonds. The van der Waals surface area contributed by atoms with E-state index in [-0.39, 0.29) is 11.5 Å². The first-order valence-corrected chi connectivity index (χ1v) is 7.70. The van der Waals surface area contributed by atoms with Gasteiger partial charge in [-0.3, -0.25) is 9.59 Å². The molecule has 3 aromatic rings. The van der Waals surface area contributed by atoms with Crippen molar-refractivity contribution in [1.82, 2.24) is 10.2 Å². The molecule has 2 aromatic carbocycles. The van der Waals surface area contributed by atoms with Crippen molar-refractivity contribution in [2.24, 2.45) is 0 Å². The number of amides is 1. The van der Waals surface area contributed by atoms with Gasteiger partial charge in [0.15, 0.2) is 0 Å². The van der Waals surface area contributed by atoms with Crippen molar-refractivity contribution >= 4 is 34.8 Å². The number of hydrogen-bond acceptors (Lipinski definition) is 3. The summed E-state index contributed by atoms with van der Waals surface area (Å²) in [5.74, 6) is -0.328. The quantitative estimate of drug-likeness (QED) is 0.742. The fraction of sp³-hybridized carbons (Fsp3) is 0. The van der Waals surface area contributed by atoms with Crippen LogP contribution in [0.25, 0.3) is 11.3 Å². The Bertz CT molecular complexity index is 929. The molecule has 0 spiro atoms. The number of nitrogens with zero attached hydrogens (tertiary/aromatic N) is 1. The Morgan fingerprint density at radius 1 is 1.00 bits per heavy atom. The summed E-state index contributed by atoms with van der Waals surface area (Å²) < 4.78 is 0. The molecule has 0 saturated heterocycles. The second kappa shape index (κ2) is 6.86. The van der Waals surface area contributed by atoms with E-state index in [1.165, 1.54) is 18.2 Å². The molecule has 24 heavy (non-hydrogen) atoms. The molecule has 0 atom stereocenters. The summed E-state index contributed by atoms with van der Waals surface area (Å²) in [6.45, 7) is 0. The Morgan fingerprint density at radius 2 is 1.75 bits per heavy atom. The van der Waals surface area contributed by atoms with Crippen LogP contribution < -0.4 is 10.9 Å². The summed E-state index contributed by atoms with van der Waals surface area (Å²) in [6.07, 6.45) is 0. The third-order valence-electron chi connectivity index (χ3n) is 3.22. The Morgan fingerprint density at radius 3 is 2.42 bits per heavy atom. The van der Waals surface area contributed by atoms with Gasteiger partial charge >= 0.3 is 0 Å². The Hall–Kier alpha value is -2.63. The van der Waals surface area contributed by atoms with E-state index < -0.39 is 0 Å². The van der Waals surface area contributed by atoms with E-state index in [0.29, 0.717) is 27.0 Å². The molecule has 0 bridgehead atoms. The van der Waals surface area contributed by atoms with Crippen molar-refractivity contribution in [1.29, 1.82) is 0 Å². The number of carbonyl (C=O) groups is 1. The average molecular weight is 360 g/mol. The molecule has 7 heteroatoms. The summed E-state index contributed by atoms with van der Waals surface area (Å²) in [5, 5.41) is 9.89. The molecule has 0 unspecified atom stereocenters. The highest BCUT2D eigenvalue weighted by molar-refractivity contribution is 6.35. The van der Waals surface area contributed by atoms with Gasteiger partial charge in [0.1, 0.15) is 0 Å². The van der Waals surface area contributed by atoms with E-state index in [1.54, 1.807) is 30.3 Å². The van der Waals surface area contributed by atoms with Gasteiger partial charge in [0, 0.05) is 32.9 Å². The highest BCUT2D eigenvalue weighted by Crippen LogP contribution is 2.22. The van der Waals surface area contributed by atoms with Gasteiger partial charge in [0.2, 0.25) is 0 Å². The smallest absolute Gasteiger partial charge is 0.264 e. The van der Waals surface area contributed by atoms with Crippen molar-refractivity contribution in [3.63, 3.8) is 0 Å². The molecule has 1 aromatic heterocycles. The topological polar surface area (TPSA) is 74.8 Å². The van der Waals surface area contributed by atoms with Gasteiger partial charge in [-0.25, -0.2) is 5.10 Å². The molecule has 0 saturated carbocycles. The number of aromatic nitrogens is 2. The molecular formula is C17H11Cl2N3O2. The van der Waals surface area contributed by atoms with Crippen LogP contribution in [0.5, 0.6) is 0 Å². The second-order valence-electron chi connectivity index (χ2n) is 5.00. The maximum Gasteiger partial charge on any atom is 0.264 e. The molecule has 3 rings (SSSR count). The normalized spacial score (nSPS) is 10.4. The summed E-state index contributed by atoms with van der Waals surface area (Å²) >= 11 is 11.8. The van der Waals surface area contributed by atoms with Crippen LogP contribution in [0.2, 0.25) is 10.0 Å². The lowest BCUT2D eigenvalue weighted by Crippen LogP contribution is -2.12. The van der Waals surface area contributed by atoms with Crippen LogP contribution in [0, 0.1) is 0 Å². The van der Waals surface area contributed by atoms with E-state index in [0.717, 1.165) is 5.56 Å². The first-order valence-electron chi connectivity index (χ1n) is 6.95. The zero-order chi connectivity index (χ0) is 17.1. The molecule has 2 N–H and O–H groups in total. The third-order valence-corrected chi connectivity index (χ3v) is 3.66. The average Bonchev–Trinajstić information content (AvgIpc) is 2.55. The van der Waals surface area contributed by atoms with Crippen LogP contribution in [0.1, 0.15) is 10.4 Å². The highest BCUT2D eigenvalue weighted by Gasteiger charge is 2.09. The Labute approximate surface area is 147 Å². The van der Waals surface area contributed by atoms with Gasteiger partial charge in [0.25, 0.3) is 11.5 Å². The van der Waals surface area contributed by atoms with E-state index >= 15 is 0 Å². The van der Waals surface area contributed by atoms with E-state index in [1.807, 2.05) is 6.07 Å². The van der Waals surface area contributed by atoms with Gasteiger partial charge in [-0.15, -0.1) is 0 Å². The number of H-pyrrole nitrogens is 1. The molecule has 0 aliphatic heterocycles. The van der Waals surface area contributed by atoms with Gasteiger partial charge in [-0.05, 0) is 36.4 Å². The van der Waals surface area contributed by atoms with E-state index in [2.05, 4.69) is 15.5 Å². The number of carbonyl (C=O) groups excluding carboxylic acids is 1. The number of halogens is 2. The first kappa shape index (κ1) is 16.2. The van der Waals surface area contributed by atoms with Gasteiger partial charge in [-0.2, -0.15) is 5.10 Å². The fourth-order valence-corrected chi connectivity index (χ4v) is 2.68. The van der Waals surface area contributed by atoms with Crippen molar-refractivity contribution < 1.29 is 4.79 Å². The highest BCUT2D eigenvalue weighted by atomic mass is 35.5. The van der Waals surface area contributed by atoms with Crippen molar-refractivity contribution in [3.05, 3.63) is 80.6 Å². The monoisotopic (exact) mass is 359 g/mol. The summed E-state index contributed by atoms with van der Waals surface area (Å²) in [7, 11) is 0.